The Bertz CT molecular complexity index is 1350. The second kappa shape index (κ2) is 3.72. The molecule has 0 unspecified atom stereocenters. The van der Waals surface area contributed by atoms with Crippen molar-refractivity contribution in [2.75, 3.05) is 0 Å². The average Bonchev–Trinajstić information content (AvgIpc) is 2.60. The van der Waals surface area contributed by atoms with E-state index in [1.807, 2.05) is 0 Å². The molecule has 0 aromatic heterocycles. The highest BCUT2D eigenvalue weighted by Crippen LogP contribution is 2.45. The molecule has 0 heteroatoms. The van der Waals surface area contributed by atoms with Gasteiger partial charge in [-0.2, -0.15) is 0 Å². The normalized spacial score (nSPS) is 12.6. The molecule has 0 saturated carbocycles. The molecule has 0 spiro atoms. The van der Waals surface area contributed by atoms with Crippen LogP contribution in [0.5, 0.6) is 0 Å². The van der Waals surface area contributed by atoms with Gasteiger partial charge in [0.05, 0.1) is 0 Å². The van der Waals surface area contributed by atoms with E-state index in [2.05, 4.69) is 73.7 Å². The minimum absolute atomic E-state index is 1.34. The Morgan fingerprint density at radius 1 is 0.478 bits per heavy atom. The van der Waals surface area contributed by atoms with E-state index in [1.165, 1.54) is 59.4 Å². The summed E-state index contributed by atoms with van der Waals surface area (Å²) >= 11 is 0. The lowest BCUT2D eigenvalue weighted by molar-refractivity contribution is 1.56. The maximum Gasteiger partial charge on any atom is -0.00139 e. The van der Waals surface area contributed by atoms with Crippen LogP contribution >= 0.6 is 0 Å². The van der Waals surface area contributed by atoms with Crippen molar-refractivity contribution in [2.45, 2.75) is 6.92 Å². The van der Waals surface area contributed by atoms with Crippen molar-refractivity contribution in [3.05, 3.63) is 72.3 Å². The van der Waals surface area contributed by atoms with Crippen molar-refractivity contribution in [3.8, 4) is 0 Å². The minimum atomic E-state index is 1.34. The van der Waals surface area contributed by atoms with Crippen LogP contribution in [0.25, 0.3) is 53.9 Å². The van der Waals surface area contributed by atoms with Crippen molar-refractivity contribution in [2.24, 2.45) is 0 Å². The van der Waals surface area contributed by atoms with E-state index in [4.69, 9.17) is 0 Å². The van der Waals surface area contributed by atoms with Gasteiger partial charge in [-0.25, -0.2) is 0 Å². The molecular formula is C23H14. The Morgan fingerprint density at radius 2 is 1.04 bits per heavy atom. The Hall–Kier alpha value is -2.86. The molecule has 23 heavy (non-hydrogen) atoms. The molecule has 0 nitrogen and oxygen atoms in total. The number of rotatable bonds is 0. The maximum atomic E-state index is 2.34. The van der Waals surface area contributed by atoms with Crippen molar-refractivity contribution in [1.82, 2.24) is 0 Å². The third kappa shape index (κ3) is 1.25. The average molecular weight is 290 g/mol. The smallest absolute Gasteiger partial charge is 0.00139 e. The van der Waals surface area contributed by atoms with Crippen molar-refractivity contribution in [3.63, 3.8) is 0 Å². The summed E-state index contributed by atoms with van der Waals surface area (Å²) in [5.41, 5.74) is 1.36. The van der Waals surface area contributed by atoms with Crippen molar-refractivity contribution < 1.29 is 0 Å². The van der Waals surface area contributed by atoms with E-state index in [9.17, 15) is 0 Å². The third-order valence-electron chi connectivity index (χ3n) is 5.46. The highest BCUT2D eigenvalue weighted by molar-refractivity contribution is 6.39. The Labute approximate surface area is 133 Å². The second-order valence-corrected chi connectivity index (χ2v) is 6.65. The fourth-order valence-electron chi connectivity index (χ4n) is 4.51. The van der Waals surface area contributed by atoms with Crippen LogP contribution in [0, 0.1) is 6.92 Å². The number of hydrogen-bond donors (Lipinski definition) is 0. The van der Waals surface area contributed by atoms with Crippen molar-refractivity contribution in [1.29, 1.82) is 0 Å². The first kappa shape index (κ1) is 11.7. The Balaban J connectivity index is 2.20. The lowest BCUT2D eigenvalue weighted by Gasteiger charge is -2.18. The zero-order valence-electron chi connectivity index (χ0n) is 12.9. The van der Waals surface area contributed by atoms with Crippen LogP contribution in [0.1, 0.15) is 5.56 Å². The molecule has 0 N–H and O–H groups in total. The molecule has 0 aliphatic heterocycles. The second-order valence-electron chi connectivity index (χ2n) is 6.65. The van der Waals surface area contributed by atoms with Gasteiger partial charge < -0.3 is 0 Å². The number of benzene rings is 6. The van der Waals surface area contributed by atoms with E-state index >= 15 is 0 Å². The summed E-state index contributed by atoms with van der Waals surface area (Å²) < 4.78 is 0. The summed E-state index contributed by atoms with van der Waals surface area (Å²) in [5.74, 6) is 0. The summed E-state index contributed by atoms with van der Waals surface area (Å²) in [6, 6.07) is 24.9. The first-order valence-corrected chi connectivity index (χ1v) is 8.14. The van der Waals surface area contributed by atoms with E-state index in [-0.39, 0.29) is 0 Å². The quantitative estimate of drug-likeness (QED) is 0.217. The first-order chi connectivity index (χ1) is 11.3. The molecular weight excluding hydrogens is 276 g/mol. The molecule has 6 aromatic rings. The van der Waals surface area contributed by atoms with Crippen LogP contribution in [0.3, 0.4) is 0 Å². The van der Waals surface area contributed by atoms with Gasteiger partial charge in [0.2, 0.25) is 0 Å². The van der Waals surface area contributed by atoms with Crippen LogP contribution in [-0.2, 0) is 0 Å². The van der Waals surface area contributed by atoms with Gasteiger partial charge in [-0.1, -0.05) is 66.7 Å². The number of aryl methyl sites for hydroxylation is 1. The minimum Gasteiger partial charge on any atom is -0.0610 e. The molecule has 106 valence electrons. The largest absolute Gasteiger partial charge is 0.0610 e. The van der Waals surface area contributed by atoms with Crippen molar-refractivity contribution >= 4 is 53.9 Å². The van der Waals surface area contributed by atoms with Gasteiger partial charge in [0.15, 0.2) is 0 Å². The summed E-state index contributed by atoms with van der Waals surface area (Å²) in [6.45, 7) is 2.23. The summed E-state index contributed by atoms with van der Waals surface area (Å²) in [4.78, 5) is 0. The van der Waals surface area contributed by atoms with Gasteiger partial charge in [-0.15, -0.1) is 0 Å². The van der Waals surface area contributed by atoms with E-state index < -0.39 is 0 Å². The fourth-order valence-corrected chi connectivity index (χ4v) is 4.51. The van der Waals surface area contributed by atoms with Crippen LogP contribution in [-0.4, -0.2) is 0 Å². The van der Waals surface area contributed by atoms with Gasteiger partial charge in [-0.3, -0.25) is 0 Å². The lowest BCUT2D eigenvalue weighted by Crippen LogP contribution is -1.91. The Kier molecular flexibility index (Phi) is 1.89. The highest BCUT2D eigenvalue weighted by Gasteiger charge is 2.17. The topological polar surface area (TPSA) is 0 Å². The monoisotopic (exact) mass is 290 g/mol. The summed E-state index contributed by atoms with van der Waals surface area (Å²) in [5, 5.41) is 13.9. The molecule has 0 aliphatic rings. The molecule has 0 saturated heterocycles. The van der Waals surface area contributed by atoms with E-state index in [1.54, 1.807) is 0 Å². The third-order valence-corrected chi connectivity index (χ3v) is 5.46. The fraction of sp³-hybridized carbons (Fsp3) is 0.0435. The van der Waals surface area contributed by atoms with Gasteiger partial charge >= 0.3 is 0 Å². The van der Waals surface area contributed by atoms with E-state index in [0.717, 1.165) is 0 Å². The van der Waals surface area contributed by atoms with Crippen LogP contribution in [0.4, 0.5) is 0 Å². The number of hydrogen-bond acceptors (Lipinski definition) is 0. The molecule has 0 atom stereocenters. The highest BCUT2D eigenvalue weighted by atomic mass is 14.2. The maximum absolute atomic E-state index is 2.34. The summed E-state index contributed by atoms with van der Waals surface area (Å²) in [7, 11) is 0. The number of fused-ring (bicyclic) bond motifs is 1. The predicted molar refractivity (Wildman–Crippen MR) is 101 cm³/mol. The van der Waals surface area contributed by atoms with Gasteiger partial charge in [0.25, 0.3) is 0 Å². The standard InChI is InChI=1S/C23H14/c1-13-12-16-11-10-15-9-8-14-4-2-6-18-19-7-3-5-17(13)23(19)22(16)21(15)20(14)18/h2-12H,1H3. The molecule has 6 aromatic carbocycles. The SMILES string of the molecule is Cc1cc2ccc3ccc4cccc5c6cccc1c6c2c3c45. The van der Waals surface area contributed by atoms with Crippen LogP contribution in [0.15, 0.2) is 66.7 Å². The van der Waals surface area contributed by atoms with E-state index in [0.29, 0.717) is 0 Å². The van der Waals surface area contributed by atoms with Crippen LogP contribution in [0.2, 0.25) is 0 Å². The molecule has 0 aliphatic carbocycles. The molecule has 0 fully saturated rings. The summed E-state index contributed by atoms with van der Waals surface area (Å²) in [6.07, 6.45) is 0. The van der Waals surface area contributed by atoms with Gasteiger partial charge in [0, 0.05) is 0 Å². The molecule has 0 heterocycles. The molecule has 0 amide bonds. The first-order valence-electron chi connectivity index (χ1n) is 8.14. The molecule has 0 bridgehead atoms. The molecule has 6 rings (SSSR count). The van der Waals surface area contributed by atoms with Gasteiger partial charge in [0.1, 0.15) is 0 Å². The zero-order valence-corrected chi connectivity index (χ0v) is 12.9. The zero-order chi connectivity index (χ0) is 15.1. The van der Waals surface area contributed by atoms with Gasteiger partial charge in [-0.05, 0) is 66.3 Å². The van der Waals surface area contributed by atoms with Crippen LogP contribution < -0.4 is 0 Å². The molecule has 0 radical (unpaired) electrons. The lowest BCUT2D eigenvalue weighted by atomic mass is 9.85. The Morgan fingerprint density at radius 3 is 1.87 bits per heavy atom. The predicted octanol–water partition coefficient (Wildman–Crippen LogP) is 6.64.